The number of aryl methyl sites for hydroxylation is 1. The van der Waals surface area contributed by atoms with E-state index in [0.717, 1.165) is 25.0 Å². The van der Waals surface area contributed by atoms with Crippen molar-refractivity contribution in [1.82, 2.24) is 0 Å². The van der Waals surface area contributed by atoms with E-state index in [1.807, 2.05) is 13.2 Å². The molecule has 0 fully saturated rings. The molecule has 0 saturated carbocycles. The van der Waals surface area contributed by atoms with Crippen LogP contribution in [0.25, 0.3) is 10.8 Å². The number of benzene rings is 2. The van der Waals surface area contributed by atoms with Gasteiger partial charge in [0.2, 0.25) is 0 Å². The lowest BCUT2D eigenvalue weighted by molar-refractivity contribution is 0.0913. The fourth-order valence-corrected chi connectivity index (χ4v) is 2.88. The summed E-state index contributed by atoms with van der Waals surface area (Å²) in [5, 5.41) is 2.63. The molecule has 2 aromatic carbocycles. The summed E-state index contributed by atoms with van der Waals surface area (Å²) in [5.74, 6) is 0.924. The molecule has 1 atom stereocenters. The van der Waals surface area contributed by atoms with Gasteiger partial charge < -0.3 is 9.47 Å². The van der Waals surface area contributed by atoms with Crippen molar-refractivity contribution in [3.05, 3.63) is 41.5 Å². The van der Waals surface area contributed by atoms with Crippen LogP contribution in [0.2, 0.25) is 0 Å². The van der Waals surface area contributed by atoms with E-state index in [-0.39, 0.29) is 0 Å². The zero-order valence-electron chi connectivity index (χ0n) is 10.9. The van der Waals surface area contributed by atoms with Crippen molar-refractivity contribution in [1.29, 1.82) is 0 Å². The van der Waals surface area contributed by atoms with E-state index in [9.17, 15) is 0 Å². The molecular weight excluding hydrogens is 224 g/mol. The first-order valence-corrected chi connectivity index (χ1v) is 6.43. The van der Waals surface area contributed by atoms with Crippen molar-refractivity contribution in [2.24, 2.45) is 0 Å². The second kappa shape index (κ2) is 4.62. The van der Waals surface area contributed by atoms with Crippen LogP contribution in [0.1, 0.15) is 17.5 Å². The molecule has 2 aromatic rings. The van der Waals surface area contributed by atoms with Gasteiger partial charge in [-0.15, -0.1) is 0 Å². The van der Waals surface area contributed by atoms with Crippen molar-refractivity contribution >= 4 is 10.8 Å². The van der Waals surface area contributed by atoms with Crippen LogP contribution in [0.4, 0.5) is 0 Å². The maximum absolute atomic E-state index is 5.48. The van der Waals surface area contributed by atoms with E-state index >= 15 is 0 Å². The highest BCUT2D eigenvalue weighted by Gasteiger charge is 2.19. The molecule has 1 aliphatic carbocycles. The summed E-state index contributed by atoms with van der Waals surface area (Å²) < 4.78 is 10.8. The predicted molar refractivity (Wildman–Crippen MR) is 73.3 cm³/mol. The summed E-state index contributed by atoms with van der Waals surface area (Å²) >= 11 is 0. The molecule has 1 unspecified atom stereocenters. The van der Waals surface area contributed by atoms with E-state index in [1.165, 1.54) is 21.9 Å². The Bertz CT molecular complexity index is 575. The van der Waals surface area contributed by atoms with Crippen LogP contribution in [0.5, 0.6) is 5.75 Å². The van der Waals surface area contributed by atoms with Gasteiger partial charge in [0, 0.05) is 7.11 Å². The van der Waals surface area contributed by atoms with E-state index < -0.39 is 0 Å². The highest BCUT2D eigenvalue weighted by Crippen LogP contribution is 2.31. The molecule has 0 radical (unpaired) electrons. The maximum atomic E-state index is 5.48. The minimum Gasteiger partial charge on any atom is -0.497 e. The molecule has 2 heteroatoms. The second-order valence-corrected chi connectivity index (χ2v) is 4.89. The molecule has 0 bridgehead atoms. The topological polar surface area (TPSA) is 18.5 Å². The van der Waals surface area contributed by atoms with Gasteiger partial charge in [-0.2, -0.15) is 0 Å². The molecule has 0 aliphatic heterocycles. The van der Waals surface area contributed by atoms with Crippen molar-refractivity contribution in [3.8, 4) is 5.75 Å². The number of hydrogen-bond acceptors (Lipinski definition) is 2. The zero-order valence-corrected chi connectivity index (χ0v) is 10.9. The molecule has 0 aromatic heterocycles. The summed E-state index contributed by atoms with van der Waals surface area (Å²) in [6, 6.07) is 10.8. The minimum atomic E-state index is 0.383. The van der Waals surface area contributed by atoms with Crippen LogP contribution in [-0.2, 0) is 17.6 Å². The first-order chi connectivity index (χ1) is 8.81. The number of rotatable bonds is 2. The number of hydrogen-bond donors (Lipinski definition) is 0. The van der Waals surface area contributed by atoms with Gasteiger partial charge in [0.05, 0.1) is 13.2 Å². The van der Waals surface area contributed by atoms with E-state index in [1.54, 1.807) is 7.11 Å². The molecule has 0 heterocycles. The normalized spacial score (nSPS) is 18.7. The first kappa shape index (κ1) is 11.5. The molecule has 0 amide bonds. The van der Waals surface area contributed by atoms with Gasteiger partial charge in [-0.1, -0.05) is 18.2 Å². The third kappa shape index (κ3) is 1.87. The molecule has 0 N–H and O–H groups in total. The average molecular weight is 242 g/mol. The molecule has 1 aliphatic rings. The van der Waals surface area contributed by atoms with Gasteiger partial charge in [0.15, 0.2) is 0 Å². The number of methoxy groups -OCH3 is 2. The van der Waals surface area contributed by atoms with Gasteiger partial charge in [-0.25, -0.2) is 0 Å². The Balaban J connectivity index is 2.10. The van der Waals surface area contributed by atoms with Gasteiger partial charge in [0.25, 0.3) is 0 Å². The monoisotopic (exact) mass is 242 g/mol. The molecule has 0 saturated heterocycles. The van der Waals surface area contributed by atoms with E-state index in [2.05, 4.69) is 24.3 Å². The molecule has 18 heavy (non-hydrogen) atoms. The van der Waals surface area contributed by atoms with Gasteiger partial charge in [-0.3, -0.25) is 0 Å². The highest BCUT2D eigenvalue weighted by atomic mass is 16.5. The van der Waals surface area contributed by atoms with Crippen molar-refractivity contribution in [2.45, 2.75) is 25.4 Å². The number of fused-ring (bicyclic) bond motifs is 3. The van der Waals surface area contributed by atoms with Gasteiger partial charge in [0.1, 0.15) is 5.75 Å². The van der Waals surface area contributed by atoms with Crippen LogP contribution < -0.4 is 4.74 Å². The SMILES string of the molecule is COc1ccc2c3c(ccc2c1)CC(OC)CC3. The smallest absolute Gasteiger partial charge is 0.119 e. The fourth-order valence-electron chi connectivity index (χ4n) is 2.88. The standard InChI is InChI=1S/C16H18O2/c1-17-13-5-7-15-11(9-13)3-4-12-10-14(18-2)6-8-16(12)15/h3-5,7,9,14H,6,8,10H2,1-2H3. The minimum absolute atomic E-state index is 0.383. The van der Waals surface area contributed by atoms with E-state index in [0.29, 0.717) is 6.10 Å². The summed E-state index contributed by atoms with van der Waals surface area (Å²) in [7, 11) is 3.52. The van der Waals surface area contributed by atoms with Crippen LogP contribution >= 0.6 is 0 Å². The molecule has 3 rings (SSSR count). The lowest BCUT2D eigenvalue weighted by atomic mass is 9.86. The summed E-state index contributed by atoms with van der Waals surface area (Å²) in [6.45, 7) is 0. The Morgan fingerprint density at radius 3 is 2.78 bits per heavy atom. The zero-order chi connectivity index (χ0) is 12.5. The van der Waals surface area contributed by atoms with Crippen molar-refractivity contribution in [3.63, 3.8) is 0 Å². The van der Waals surface area contributed by atoms with Crippen LogP contribution in [-0.4, -0.2) is 20.3 Å². The Morgan fingerprint density at radius 1 is 1.11 bits per heavy atom. The third-order valence-corrected chi connectivity index (χ3v) is 3.93. The number of ether oxygens (including phenoxy) is 2. The van der Waals surface area contributed by atoms with Crippen molar-refractivity contribution in [2.75, 3.05) is 14.2 Å². The Labute approximate surface area is 108 Å². The molecule has 2 nitrogen and oxygen atoms in total. The Kier molecular flexibility index (Phi) is 2.96. The van der Waals surface area contributed by atoms with Crippen LogP contribution in [0.15, 0.2) is 30.3 Å². The van der Waals surface area contributed by atoms with E-state index in [4.69, 9.17) is 9.47 Å². The van der Waals surface area contributed by atoms with Gasteiger partial charge in [-0.05, 0) is 53.3 Å². The maximum Gasteiger partial charge on any atom is 0.119 e. The molecule has 0 spiro atoms. The summed E-state index contributed by atoms with van der Waals surface area (Å²) in [5.41, 5.74) is 2.93. The highest BCUT2D eigenvalue weighted by molar-refractivity contribution is 5.88. The van der Waals surface area contributed by atoms with Crippen molar-refractivity contribution < 1.29 is 9.47 Å². The molecule has 94 valence electrons. The summed E-state index contributed by atoms with van der Waals surface area (Å²) in [4.78, 5) is 0. The largest absolute Gasteiger partial charge is 0.497 e. The second-order valence-electron chi connectivity index (χ2n) is 4.89. The fraction of sp³-hybridized carbons (Fsp3) is 0.375. The van der Waals surface area contributed by atoms with Crippen LogP contribution in [0, 0.1) is 0 Å². The average Bonchev–Trinajstić information content (AvgIpc) is 2.45. The Morgan fingerprint density at radius 2 is 2.00 bits per heavy atom. The lowest BCUT2D eigenvalue weighted by Gasteiger charge is -2.24. The molecular formula is C16H18O2. The summed E-state index contributed by atoms with van der Waals surface area (Å²) in [6.07, 6.45) is 3.65. The first-order valence-electron chi connectivity index (χ1n) is 6.43. The lowest BCUT2D eigenvalue weighted by Crippen LogP contribution is -2.21. The van der Waals surface area contributed by atoms with Gasteiger partial charge >= 0.3 is 0 Å². The quantitative estimate of drug-likeness (QED) is 0.804. The van der Waals surface area contributed by atoms with Crippen LogP contribution in [0.3, 0.4) is 0 Å². The predicted octanol–water partition coefficient (Wildman–Crippen LogP) is 3.35. The Hall–Kier alpha value is -1.54. The third-order valence-electron chi connectivity index (χ3n) is 3.93.